The Balaban J connectivity index is 2.38. The molecule has 1 aliphatic heterocycles. The smallest absolute Gasteiger partial charge is 0.251 e. The number of aromatic nitrogens is 3. The first-order valence-corrected chi connectivity index (χ1v) is 7.74. The van der Waals surface area contributed by atoms with Crippen molar-refractivity contribution in [1.82, 2.24) is 14.8 Å². The molecule has 2 heterocycles. The minimum Gasteiger partial charge on any atom is -0.378 e. The predicted octanol–water partition coefficient (Wildman–Crippen LogP) is -0.0718. The molecule has 7 nitrogen and oxygen atoms in total. The van der Waals surface area contributed by atoms with Crippen molar-refractivity contribution in [2.24, 2.45) is 0 Å². The Morgan fingerprint density at radius 2 is 1.89 bits per heavy atom. The summed E-state index contributed by atoms with van der Waals surface area (Å²) in [5.74, 6) is 0.654. The zero-order valence-corrected chi connectivity index (χ0v) is 11.5. The molecule has 0 aliphatic carbocycles. The summed E-state index contributed by atoms with van der Waals surface area (Å²) < 4.78 is 30.7. The molecule has 1 aromatic rings. The first-order chi connectivity index (χ1) is 8.60. The molecule has 0 amide bonds. The van der Waals surface area contributed by atoms with Crippen molar-refractivity contribution in [3.05, 3.63) is 0 Å². The van der Waals surface area contributed by atoms with Crippen LogP contribution in [-0.2, 0) is 21.1 Å². The minimum atomic E-state index is -3.33. The quantitative estimate of drug-likeness (QED) is 0.765. The van der Waals surface area contributed by atoms with E-state index in [0.29, 0.717) is 38.8 Å². The fourth-order valence-electron chi connectivity index (χ4n) is 1.91. The summed E-state index contributed by atoms with van der Waals surface area (Å²) in [4.78, 5) is 2.01. The molecule has 0 N–H and O–H groups in total. The minimum absolute atomic E-state index is 0.0360. The zero-order valence-electron chi connectivity index (χ0n) is 10.7. The van der Waals surface area contributed by atoms with Crippen molar-refractivity contribution in [2.75, 3.05) is 37.0 Å². The summed E-state index contributed by atoms with van der Waals surface area (Å²) in [6.45, 7) is 6.72. The Hall–Kier alpha value is -1.15. The van der Waals surface area contributed by atoms with E-state index in [4.69, 9.17) is 4.74 Å². The van der Waals surface area contributed by atoms with Gasteiger partial charge in [-0.3, -0.25) is 4.57 Å². The van der Waals surface area contributed by atoms with E-state index in [1.54, 1.807) is 11.5 Å². The lowest BCUT2D eigenvalue weighted by molar-refractivity contribution is 0.121. The van der Waals surface area contributed by atoms with E-state index in [0.717, 1.165) is 0 Å². The lowest BCUT2D eigenvalue weighted by Gasteiger charge is -2.27. The number of nitrogens with zero attached hydrogens (tertiary/aromatic N) is 4. The maximum Gasteiger partial charge on any atom is 0.251 e. The van der Waals surface area contributed by atoms with Crippen LogP contribution in [0.4, 0.5) is 5.95 Å². The predicted molar refractivity (Wildman–Crippen MR) is 66.5 cm³/mol. The van der Waals surface area contributed by atoms with E-state index < -0.39 is 9.84 Å². The van der Waals surface area contributed by atoms with Crippen LogP contribution in [0.15, 0.2) is 5.16 Å². The molecule has 0 unspecified atom stereocenters. The molecule has 1 saturated heterocycles. The molecule has 18 heavy (non-hydrogen) atoms. The van der Waals surface area contributed by atoms with Gasteiger partial charge in [-0.1, -0.05) is 6.92 Å². The second kappa shape index (κ2) is 5.23. The molecule has 0 aromatic carbocycles. The second-order valence-corrected chi connectivity index (χ2v) is 6.20. The average molecular weight is 274 g/mol. The van der Waals surface area contributed by atoms with Gasteiger partial charge in [-0.2, -0.15) is 0 Å². The van der Waals surface area contributed by atoms with Crippen LogP contribution < -0.4 is 4.90 Å². The highest BCUT2D eigenvalue weighted by Crippen LogP contribution is 2.18. The molecule has 1 aromatic heterocycles. The van der Waals surface area contributed by atoms with Crippen molar-refractivity contribution < 1.29 is 13.2 Å². The number of anilines is 1. The summed E-state index contributed by atoms with van der Waals surface area (Å²) >= 11 is 0. The van der Waals surface area contributed by atoms with Crippen molar-refractivity contribution in [2.45, 2.75) is 25.5 Å². The number of sulfone groups is 1. The monoisotopic (exact) mass is 274 g/mol. The summed E-state index contributed by atoms with van der Waals surface area (Å²) in [7, 11) is -3.33. The highest BCUT2D eigenvalue weighted by molar-refractivity contribution is 7.91. The van der Waals surface area contributed by atoms with E-state index in [2.05, 4.69) is 10.2 Å². The normalized spacial score (nSPS) is 17.1. The zero-order chi connectivity index (χ0) is 13.2. The van der Waals surface area contributed by atoms with Crippen LogP contribution in [0.3, 0.4) is 0 Å². The number of ether oxygens (including phenoxy) is 1. The van der Waals surface area contributed by atoms with Gasteiger partial charge in [0.1, 0.15) is 0 Å². The van der Waals surface area contributed by atoms with Crippen LogP contribution >= 0.6 is 0 Å². The van der Waals surface area contributed by atoms with Crippen LogP contribution in [0, 0.1) is 0 Å². The lowest BCUT2D eigenvalue weighted by atomic mass is 10.4. The number of hydrogen-bond donors (Lipinski definition) is 0. The van der Waals surface area contributed by atoms with Crippen LogP contribution in [0.25, 0.3) is 0 Å². The molecule has 2 rings (SSSR count). The topological polar surface area (TPSA) is 77.3 Å². The molecule has 0 radical (unpaired) electrons. The van der Waals surface area contributed by atoms with Gasteiger partial charge >= 0.3 is 0 Å². The Bertz CT molecular complexity index is 505. The summed E-state index contributed by atoms with van der Waals surface area (Å²) in [6, 6.07) is 0. The standard InChI is InChI=1S/C10H18N4O3S/c1-3-14-9(13-5-7-17-8-6-13)11-12-10(14)18(15,16)4-2/h3-8H2,1-2H3. The van der Waals surface area contributed by atoms with Crippen molar-refractivity contribution >= 4 is 15.8 Å². The van der Waals surface area contributed by atoms with Gasteiger partial charge in [0.15, 0.2) is 0 Å². The molecular formula is C10H18N4O3S. The van der Waals surface area contributed by atoms with E-state index in [-0.39, 0.29) is 10.9 Å². The molecule has 1 aliphatic rings. The maximum atomic E-state index is 11.9. The molecule has 0 atom stereocenters. The highest BCUT2D eigenvalue weighted by atomic mass is 32.2. The molecule has 0 spiro atoms. The van der Waals surface area contributed by atoms with Gasteiger partial charge in [0.05, 0.1) is 19.0 Å². The maximum absolute atomic E-state index is 11.9. The summed E-state index contributed by atoms with van der Waals surface area (Å²) in [5, 5.41) is 7.94. The fourth-order valence-corrected chi connectivity index (χ4v) is 2.88. The van der Waals surface area contributed by atoms with Crippen molar-refractivity contribution in [3.8, 4) is 0 Å². The first kappa shape index (κ1) is 13.3. The Morgan fingerprint density at radius 3 is 2.44 bits per heavy atom. The molecular weight excluding hydrogens is 256 g/mol. The third-order valence-electron chi connectivity index (χ3n) is 2.97. The summed E-state index contributed by atoms with van der Waals surface area (Å²) in [6.07, 6.45) is 0. The van der Waals surface area contributed by atoms with Crippen LogP contribution in [-0.4, -0.2) is 55.2 Å². The van der Waals surface area contributed by atoms with Crippen LogP contribution in [0.1, 0.15) is 13.8 Å². The van der Waals surface area contributed by atoms with E-state index in [1.807, 2.05) is 11.8 Å². The molecule has 1 fully saturated rings. The van der Waals surface area contributed by atoms with Crippen molar-refractivity contribution in [3.63, 3.8) is 0 Å². The Morgan fingerprint density at radius 1 is 1.22 bits per heavy atom. The highest BCUT2D eigenvalue weighted by Gasteiger charge is 2.25. The van der Waals surface area contributed by atoms with Gasteiger partial charge in [-0.25, -0.2) is 8.42 Å². The van der Waals surface area contributed by atoms with E-state index in [1.165, 1.54) is 0 Å². The van der Waals surface area contributed by atoms with Crippen molar-refractivity contribution in [1.29, 1.82) is 0 Å². The molecule has 0 bridgehead atoms. The number of morpholine rings is 1. The SMILES string of the molecule is CCn1c(N2CCOCC2)nnc1S(=O)(=O)CC. The molecule has 8 heteroatoms. The van der Waals surface area contributed by atoms with Gasteiger partial charge in [0.25, 0.3) is 5.16 Å². The van der Waals surface area contributed by atoms with Gasteiger partial charge < -0.3 is 9.64 Å². The third-order valence-corrected chi connectivity index (χ3v) is 4.58. The van der Waals surface area contributed by atoms with Gasteiger partial charge in [-0.05, 0) is 6.92 Å². The Kier molecular flexibility index (Phi) is 3.86. The fraction of sp³-hybridized carbons (Fsp3) is 0.800. The van der Waals surface area contributed by atoms with Gasteiger partial charge in [0, 0.05) is 19.6 Å². The van der Waals surface area contributed by atoms with Gasteiger partial charge in [-0.15, -0.1) is 10.2 Å². The van der Waals surface area contributed by atoms with E-state index in [9.17, 15) is 8.42 Å². The van der Waals surface area contributed by atoms with Gasteiger partial charge in [0.2, 0.25) is 15.8 Å². The van der Waals surface area contributed by atoms with Crippen LogP contribution in [0.5, 0.6) is 0 Å². The van der Waals surface area contributed by atoms with Crippen LogP contribution in [0.2, 0.25) is 0 Å². The molecule has 0 saturated carbocycles. The average Bonchev–Trinajstić information content (AvgIpc) is 2.84. The lowest BCUT2D eigenvalue weighted by Crippen LogP contribution is -2.38. The second-order valence-electron chi connectivity index (χ2n) is 4.03. The number of hydrogen-bond acceptors (Lipinski definition) is 6. The largest absolute Gasteiger partial charge is 0.378 e. The Labute approximate surface area is 107 Å². The molecule has 102 valence electrons. The number of rotatable bonds is 4. The first-order valence-electron chi connectivity index (χ1n) is 6.08. The summed E-state index contributed by atoms with van der Waals surface area (Å²) in [5.41, 5.74) is 0. The van der Waals surface area contributed by atoms with E-state index >= 15 is 0 Å². The third kappa shape index (κ3) is 2.35.